The molecule has 36 heavy (non-hydrogen) atoms. The molecule has 0 radical (unpaired) electrons. The Balaban J connectivity index is 1.49. The zero-order valence-electron chi connectivity index (χ0n) is 18.4. The van der Waals surface area contributed by atoms with Crippen molar-refractivity contribution in [2.75, 3.05) is 0 Å². The lowest BCUT2D eigenvalue weighted by Gasteiger charge is -2.20. The third-order valence-corrected chi connectivity index (χ3v) is 7.66. The summed E-state index contributed by atoms with van der Waals surface area (Å²) in [4.78, 5) is 31.3. The monoisotopic (exact) mass is 631 g/mol. The topological polar surface area (TPSA) is 111 Å². The number of carboxylic acids is 2. The molecule has 0 aromatic heterocycles. The molecule has 0 aliphatic carbocycles. The van der Waals surface area contributed by atoms with Crippen LogP contribution in [0.4, 0.5) is 5.69 Å². The largest absolute Gasteiger partial charge is 0.585 e. The minimum Gasteiger partial charge on any atom is -0.585 e. The van der Waals surface area contributed by atoms with Crippen molar-refractivity contribution >= 4 is 63.7 Å². The molecule has 7 nitrogen and oxygen atoms in total. The molecule has 0 aliphatic heterocycles. The van der Waals surface area contributed by atoms with E-state index in [0.29, 0.717) is 15.5 Å². The van der Waals surface area contributed by atoms with Crippen molar-refractivity contribution in [2.45, 2.75) is 19.6 Å². The van der Waals surface area contributed by atoms with Crippen LogP contribution in [0, 0.1) is 8.78 Å². The van der Waals surface area contributed by atoms with Gasteiger partial charge in [-0.2, -0.15) is 0 Å². The Morgan fingerprint density at radius 1 is 0.750 bits per heavy atom. The van der Waals surface area contributed by atoms with Gasteiger partial charge in [-0.15, -0.1) is 5.23 Å². The van der Waals surface area contributed by atoms with Crippen LogP contribution in [0.2, 0.25) is 0 Å². The molecular formula is C26H18INO6S2. The Bertz CT molecular complexity index is 1410. The van der Waals surface area contributed by atoms with E-state index in [1.54, 1.807) is 48.5 Å². The van der Waals surface area contributed by atoms with Crippen molar-refractivity contribution in [2.24, 2.45) is 0 Å². The van der Waals surface area contributed by atoms with E-state index in [4.69, 9.17) is 4.84 Å². The smallest absolute Gasteiger partial charge is 0.336 e. The molecule has 0 bridgehead atoms. The Hall–Kier alpha value is -3.03. The van der Waals surface area contributed by atoms with Crippen LogP contribution in [0.5, 0.6) is 5.75 Å². The summed E-state index contributed by atoms with van der Waals surface area (Å²) in [6, 6.07) is 25.4. The number of halogens is 1. The molecule has 0 aliphatic rings. The number of hydrogen-bond acceptors (Lipinski definition) is 6. The van der Waals surface area contributed by atoms with Crippen LogP contribution in [-0.2, 0) is 0 Å². The van der Waals surface area contributed by atoms with Crippen LogP contribution in [0.1, 0.15) is 20.7 Å². The highest BCUT2D eigenvalue weighted by Gasteiger charge is 2.16. The maximum atomic E-state index is 12.7. The Morgan fingerprint density at radius 3 is 2.11 bits per heavy atom. The van der Waals surface area contributed by atoms with Crippen LogP contribution in [-0.4, -0.2) is 22.2 Å². The van der Waals surface area contributed by atoms with E-state index in [9.17, 15) is 25.0 Å². The van der Waals surface area contributed by atoms with Gasteiger partial charge in [-0.05, 0) is 77.2 Å². The van der Waals surface area contributed by atoms with Crippen molar-refractivity contribution in [3.05, 3.63) is 111 Å². The Morgan fingerprint density at radius 2 is 1.42 bits per heavy atom. The Labute approximate surface area is 228 Å². The summed E-state index contributed by atoms with van der Waals surface area (Å²) < 4.78 is 1.02. The summed E-state index contributed by atoms with van der Waals surface area (Å²) in [5.41, 5.74) is 0.622. The number of quaternary nitrogens is 1. The fourth-order valence-electron chi connectivity index (χ4n) is 3.17. The van der Waals surface area contributed by atoms with Gasteiger partial charge >= 0.3 is 11.9 Å². The zero-order valence-corrected chi connectivity index (χ0v) is 22.2. The number of aromatic carboxylic acids is 2. The first-order chi connectivity index (χ1) is 17.3. The molecule has 4 aromatic carbocycles. The molecule has 0 heterocycles. The van der Waals surface area contributed by atoms with Crippen molar-refractivity contribution in [3.8, 4) is 5.75 Å². The second-order valence-electron chi connectivity index (χ2n) is 7.34. The number of carbonyl (C=O) groups is 2. The van der Waals surface area contributed by atoms with Gasteiger partial charge in [-0.3, -0.25) is 0 Å². The molecule has 4 rings (SSSR count). The van der Waals surface area contributed by atoms with E-state index >= 15 is 0 Å². The van der Waals surface area contributed by atoms with Gasteiger partial charge in [-0.1, -0.05) is 41.7 Å². The zero-order chi connectivity index (χ0) is 25.7. The number of rotatable bonds is 9. The van der Waals surface area contributed by atoms with Crippen molar-refractivity contribution in [1.82, 2.24) is 0 Å². The van der Waals surface area contributed by atoms with E-state index in [-0.39, 0.29) is 16.9 Å². The Kier molecular flexibility index (Phi) is 8.54. The fourth-order valence-corrected chi connectivity index (χ4v) is 5.89. The quantitative estimate of drug-likeness (QED) is 0.153. The minimum atomic E-state index is -1.07. The fraction of sp³-hybridized carbons (Fsp3) is 0. The first kappa shape index (κ1) is 26.0. The first-order valence-electron chi connectivity index (χ1n) is 10.4. The maximum absolute atomic E-state index is 12.7. The van der Waals surface area contributed by atoms with Crippen LogP contribution < -0.4 is 10.1 Å². The normalized spacial score (nSPS) is 11.6. The van der Waals surface area contributed by atoms with Gasteiger partial charge in [0.1, 0.15) is 0 Å². The third-order valence-electron chi connectivity index (χ3n) is 4.85. The molecule has 1 unspecified atom stereocenters. The average molecular weight is 631 g/mol. The van der Waals surface area contributed by atoms with Crippen LogP contribution in [0.3, 0.4) is 0 Å². The summed E-state index contributed by atoms with van der Waals surface area (Å²) in [7, 11) is 0. The van der Waals surface area contributed by atoms with E-state index in [0.717, 1.165) is 13.4 Å². The summed E-state index contributed by atoms with van der Waals surface area (Å²) in [6.07, 6.45) is 0. The lowest BCUT2D eigenvalue weighted by atomic mass is 10.2. The highest BCUT2D eigenvalue weighted by Crippen LogP contribution is 2.34. The molecule has 0 saturated heterocycles. The van der Waals surface area contributed by atoms with Gasteiger partial charge in [0.2, 0.25) is 0 Å². The summed E-state index contributed by atoms with van der Waals surface area (Å²) >= 11 is 4.75. The predicted molar refractivity (Wildman–Crippen MR) is 145 cm³/mol. The van der Waals surface area contributed by atoms with Crippen molar-refractivity contribution in [1.29, 1.82) is 0 Å². The maximum Gasteiger partial charge on any atom is 0.336 e. The standard InChI is InChI=1S/C26H18INO6S2/c27-16-4-3-5-20(14-16)36-24-15-18(10-13-22(24)26(31)32)34-28(33)17-8-11-19(12-9-17)35-23-7-2-1-6-21(23)25(29)30/h1-15,28H,(H,29,30)(H,31,32). The molecule has 182 valence electrons. The molecule has 4 aromatic rings. The molecule has 0 saturated carbocycles. The second kappa shape index (κ2) is 11.8. The SMILES string of the molecule is O=C(O)c1ccccc1Sc1ccc([NH+]([O-])Oc2ccc(C(=O)O)c(Sc3cccc(I)c3)c2)cc1. The van der Waals surface area contributed by atoms with E-state index in [1.165, 1.54) is 41.7 Å². The lowest BCUT2D eigenvalue weighted by Crippen LogP contribution is -3.04. The molecular weight excluding hydrogens is 613 g/mol. The summed E-state index contributed by atoms with van der Waals surface area (Å²) in [5, 5.41) is 31.1. The molecule has 0 amide bonds. The summed E-state index contributed by atoms with van der Waals surface area (Å²) in [6.45, 7) is 0. The van der Waals surface area contributed by atoms with Crippen LogP contribution in [0.25, 0.3) is 0 Å². The molecule has 10 heteroatoms. The number of hydrogen-bond donors (Lipinski definition) is 3. The second-order valence-corrected chi connectivity index (χ2v) is 10.8. The van der Waals surface area contributed by atoms with E-state index in [2.05, 4.69) is 22.6 Å². The third kappa shape index (κ3) is 6.59. The lowest BCUT2D eigenvalue weighted by molar-refractivity contribution is -0.963. The van der Waals surface area contributed by atoms with Gasteiger partial charge < -0.3 is 20.3 Å². The van der Waals surface area contributed by atoms with Gasteiger partial charge in [0, 0.05) is 41.4 Å². The van der Waals surface area contributed by atoms with Gasteiger partial charge in [-0.25, -0.2) is 9.59 Å². The summed E-state index contributed by atoms with van der Waals surface area (Å²) in [5.74, 6) is -1.85. The number of nitrogens with one attached hydrogen (secondary N) is 1. The molecule has 1 atom stereocenters. The predicted octanol–water partition coefficient (Wildman–Crippen LogP) is 6.00. The highest BCUT2D eigenvalue weighted by atomic mass is 127. The van der Waals surface area contributed by atoms with Crippen molar-refractivity contribution < 1.29 is 29.9 Å². The van der Waals surface area contributed by atoms with E-state index < -0.39 is 17.2 Å². The van der Waals surface area contributed by atoms with Gasteiger partial charge in [0.15, 0.2) is 11.4 Å². The van der Waals surface area contributed by atoms with Crippen molar-refractivity contribution in [3.63, 3.8) is 0 Å². The highest BCUT2D eigenvalue weighted by molar-refractivity contribution is 14.1. The average Bonchev–Trinajstić information content (AvgIpc) is 2.84. The van der Waals surface area contributed by atoms with Crippen LogP contribution >= 0.6 is 46.1 Å². The number of benzene rings is 4. The first-order valence-corrected chi connectivity index (χ1v) is 13.1. The number of carboxylic acid groups (broad SMARTS) is 2. The molecule has 0 fully saturated rings. The van der Waals surface area contributed by atoms with Gasteiger partial charge in [0.05, 0.1) is 11.1 Å². The van der Waals surface area contributed by atoms with E-state index in [1.807, 2.05) is 24.3 Å². The van der Waals surface area contributed by atoms with Gasteiger partial charge in [0.25, 0.3) is 0 Å². The molecule has 0 spiro atoms. The molecule has 3 N–H and O–H groups in total. The van der Waals surface area contributed by atoms with Crippen LogP contribution in [0.15, 0.2) is 111 Å². The minimum absolute atomic E-state index is 0.113.